The van der Waals surface area contributed by atoms with Crippen molar-refractivity contribution < 1.29 is 0 Å². The Hall–Kier alpha value is -1.02. The Morgan fingerprint density at radius 1 is 1.41 bits per heavy atom. The summed E-state index contributed by atoms with van der Waals surface area (Å²) in [7, 11) is 0. The Labute approximate surface area is 106 Å². The Morgan fingerprint density at radius 3 is 2.71 bits per heavy atom. The van der Waals surface area contributed by atoms with Crippen LogP contribution in [0.5, 0.6) is 0 Å². The monoisotopic (exact) mass is 234 g/mol. The lowest BCUT2D eigenvalue weighted by molar-refractivity contribution is 0.423. The van der Waals surface area contributed by atoms with Gasteiger partial charge in [0.15, 0.2) is 0 Å². The van der Waals surface area contributed by atoms with Crippen LogP contribution in [0.1, 0.15) is 44.9 Å². The molecule has 0 aliphatic heterocycles. The van der Waals surface area contributed by atoms with E-state index in [4.69, 9.17) is 0 Å². The van der Waals surface area contributed by atoms with Crippen molar-refractivity contribution in [3.05, 3.63) is 36.2 Å². The first-order chi connectivity index (χ1) is 7.94. The Kier molecular flexibility index (Phi) is 5.01. The predicted octanol–water partition coefficient (Wildman–Crippen LogP) is 3.65. The molecule has 1 heterocycles. The molecule has 1 aromatic rings. The van der Waals surface area contributed by atoms with Crippen LogP contribution in [0.3, 0.4) is 0 Å². The van der Waals surface area contributed by atoms with Crippen LogP contribution in [0, 0.1) is 6.92 Å². The average Bonchev–Trinajstić information content (AvgIpc) is 2.57. The molecule has 2 nitrogen and oxygen atoms in total. The van der Waals surface area contributed by atoms with Crippen molar-refractivity contribution in [3.63, 3.8) is 0 Å². The third kappa shape index (κ3) is 4.78. The van der Waals surface area contributed by atoms with Gasteiger partial charge in [-0.1, -0.05) is 6.08 Å². The normalized spacial score (nSPS) is 11.8. The zero-order valence-electron chi connectivity index (χ0n) is 11.7. The first-order valence-corrected chi connectivity index (χ1v) is 6.44. The van der Waals surface area contributed by atoms with Crippen molar-refractivity contribution in [1.29, 1.82) is 0 Å². The lowest BCUT2D eigenvalue weighted by Crippen LogP contribution is -2.35. The standard InChI is InChI=1S/C15H26N2/c1-6-7-8-10-17-11-9-14(13(17)2)12-16-15(3,4)5/h6,9,11,16H,1,7-8,10,12H2,2-5H3. The van der Waals surface area contributed by atoms with Crippen LogP contribution in [-0.2, 0) is 13.1 Å². The van der Waals surface area contributed by atoms with Gasteiger partial charge in [-0.3, -0.25) is 0 Å². The van der Waals surface area contributed by atoms with Crippen LogP contribution >= 0.6 is 0 Å². The van der Waals surface area contributed by atoms with E-state index in [1.54, 1.807) is 0 Å². The molecule has 0 aromatic carbocycles. The zero-order chi connectivity index (χ0) is 12.9. The second kappa shape index (κ2) is 6.06. The number of hydrogen-bond donors (Lipinski definition) is 1. The van der Waals surface area contributed by atoms with E-state index in [2.05, 4.69) is 56.4 Å². The van der Waals surface area contributed by atoms with E-state index in [0.717, 1.165) is 19.5 Å². The molecular formula is C15H26N2. The van der Waals surface area contributed by atoms with Gasteiger partial charge < -0.3 is 9.88 Å². The number of nitrogens with one attached hydrogen (secondary N) is 1. The molecule has 0 aliphatic carbocycles. The molecule has 1 aromatic heterocycles. The topological polar surface area (TPSA) is 17.0 Å². The largest absolute Gasteiger partial charge is 0.351 e. The summed E-state index contributed by atoms with van der Waals surface area (Å²) >= 11 is 0. The minimum absolute atomic E-state index is 0.178. The van der Waals surface area contributed by atoms with Gasteiger partial charge in [0.05, 0.1) is 0 Å². The Morgan fingerprint density at radius 2 is 2.12 bits per heavy atom. The summed E-state index contributed by atoms with van der Waals surface area (Å²) in [6, 6.07) is 2.22. The summed E-state index contributed by atoms with van der Waals surface area (Å²) < 4.78 is 2.34. The SMILES string of the molecule is C=CCCCn1ccc(CNC(C)(C)C)c1C. The molecule has 0 aliphatic rings. The van der Waals surface area contributed by atoms with Gasteiger partial charge in [-0.2, -0.15) is 0 Å². The molecule has 0 spiro atoms. The first-order valence-electron chi connectivity index (χ1n) is 6.44. The van der Waals surface area contributed by atoms with E-state index in [1.807, 2.05) is 6.08 Å². The van der Waals surface area contributed by atoms with E-state index in [0.29, 0.717) is 0 Å². The van der Waals surface area contributed by atoms with Crippen LogP contribution in [0.15, 0.2) is 24.9 Å². The molecule has 1 N–H and O–H groups in total. The third-order valence-electron chi connectivity index (χ3n) is 2.97. The van der Waals surface area contributed by atoms with Crippen molar-refractivity contribution in [2.45, 2.75) is 59.2 Å². The molecule has 0 amide bonds. The van der Waals surface area contributed by atoms with Crippen molar-refractivity contribution in [2.24, 2.45) is 0 Å². The van der Waals surface area contributed by atoms with Crippen LogP contribution in [0.2, 0.25) is 0 Å². The summed E-state index contributed by atoms with van der Waals surface area (Å²) in [6.45, 7) is 14.6. The highest BCUT2D eigenvalue weighted by Gasteiger charge is 2.10. The predicted molar refractivity (Wildman–Crippen MR) is 75.2 cm³/mol. The first kappa shape index (κ1) is 14.0. The molecule has 0 saturated carbocycles. The van der Waals surface area contributed by atoms with Gasteiger partial charge in [0.1, 0.15) is 0 Å². The fourth-order valence-corrected chi connectivity index (χ4v) is 1.79. The maximum atomic E-state index is 3.76. The van der Waals surface area contributed by atoms with Crippen LogP contribution < -0.4 is 5.32 Å². The number of rotatable bonds is 6. The molecule has 0 radical (unpaired) electrons. The lowest BCUT2D eigenvalue weighted by atomic mass is 10.1. The third-order valence-corrected chi connectivity index (χ3v) is 2.97. The molecule has 2 heteroatoms. The van der Waals surface area contributed by atoms with Gasteiger partial charge in [-0.15, -0.1) is 6.58 Å². The molecule has 17 heavy (non-hydrogen) atoms. The summed E-state index contributed by atoms with van der Waals surface area (Å²) in [6.07, 6.45) is 6.44. The summed E-state index contributed by atoms with van der Waals surface area (Å²) in [5.74, 6) is 0. The van der Waals surface area contributed by atoms with Crippen molar-refractivity contribution >= 4 is 0 Å². The molecule has 0 fully saturated rings. The number of aryl methyl sites for hydroxylation is 1. The van der Waals surface area contributed by atoms with Crippen LogP contribution in [-0.4, -0.2) is 10.1 Å². The van der Waals surface area contributed by atoms with E-state index in [9.17, 15) is 0 Å². The molecule has 1 rings (SSSR count). The van der Waals surface area contributed by atoms with Crippen LogP contribution in [0.4, 0.5) is 0 Å². The van der Waals surface area contributed by atoms with Crippen molar-refractivity contribution in [2.75, 3.05) is 0 Å². The Balaban J connectivity index is 2.54. The van der Waals surface area contributed by atoms with E-state index in [1.165, 1.54) is 17.7 Å². The maximum Gasteiger partial charge on any atom is 0.0228 e. The number of unbranched alkanes of at least 4 members (excludes halogenated alkanes) is 1. The van der Waals surface area contributed by atoms with E-state index in [-0.39, 0.29) is 5.54 Å². The second-order valence-corrected chi connectivity index (χ2v) is 5.65. The second-order valence-electron chi connectivity index (χ2n) is 5.65. The summed E-state index contributed by atoms with van der Waals surface area (Å²) in [5, 5.41) is 3.53. The van der Waals surface area contributed by atoms with Gasteiger partial charge in [-0.25, -0.2) is 0 Å². The number of hydrogen-bond acceptors (Lipinski definition) is 1. The van der Waals surface area contributed by atoms with Gasteiger partial charge in [0.25, 0.3) is 0 Å². The minimum atomic E-state index is 0.178. The molecule has 0 bridgehead atoms. The number of nitrogens with zero attached hydrogens (tertiary/aromatic N) is 1. The van der Waals surface area contributed by atoms with Crippen LogP contribution in [0.25, 0.3) is 0 Å². The lowest BCUT2D eigenvalue weighted by Gasteiger charge is -2.20. The molecule has 0 atom stereocenters. The number of aromatic nitrogens is 1. The maximum absolute atomic E-state index is 3.76. The summed E-state index contributed by atoms with van der Waals surface area (Å²) in [5.41, 5.74) is 2.96. The van der Waals surface area contributed by atoms with Gasteiger partial charge in [-0.05, 0) is 52.2 Å². The van der Waals surface area contributed by atoms with Gasteiger partial charge in [0, 0.05) is 30.5 Å². The van der Waals surface area contributed by atoms with Crippen molar-refractivity contribution in [3.8, 4) is 0 Å². The molecular weight excluding hydrogens is 208 g/mol. The quantitative estimate of drug-likeness (QED) is 0.587. The van der Waals surface area contributed by atoms with E-state index >= 15 is 0 Å². The van der Waals surface area contributed by atoms with Crippen molar-refractivity contribution in [1.82, 2.24) is 9.88 Å². The smallest absolute Gasteiger partial charge is 0.0228 e. The average molecular weight is 234 g/mol. The summed E-state index contributed by atoms with van der Waals surface area (Å²) in [4.78, 5) is 0. The Bertz CT molecular complexity index is 355. The molecule has 96 valence electrons. The molecule has 0 unspecified atom stereocenters. The number of allylic oxidation sites excluding steroid dienone is 1. The van der Waals surface area contributed by atoms with E-state index < -0.39 is 0 Å². The van der Waals surface area contributed by atoms with Gasteiger partial charge >= 0.3 is 0 Å². The highest BCUT2D eigenvalue weighted by molar-refractivity contribution is 5.21. The van der Waals surface area contributed by atoms with Gasteiger partial charge in [0.2, 0.25) is 0 Å². The minimum Gasteiger partial charge on any atom is -0.351 e. The fraction of sp³-hybridized carbons (Fsp3) is 0.600. The zero-order valence-corrected chi connectivity index (χ0v) is 11.7. The molecule has 0 saturated heterocycles. The fourth-order valence-electron chi connectivity index (χ4n) is 1.79. The highest BCUT2D eigenvalue weighted by Crippen LogP contribution is 2.12. The highest BCUT2D eigenvalue weighted by atomic mass is 15.0.